The zero-order chi connectivity index (χ0) is 14.5. The lowest BCUT2D eigenvalue weighted by Gasteiger charge is -2.25. The van der Waals surface area contributed by atoms with Crippen LogP contribution < -0.4 is 11.1 Å². The fourth-order valence-electron chi connectivity index (χ4n) is 2.51. The zero-order valence-electron chi connectivity index (χ0n) is 11.3. The molecule has 1 aliphatic carbocycles. The van der Waals surface area contributed by atoms with Gasteiger partial charge in [-0.3, -0.25) is 4.79 Å². The molecule has 1 heterocycles. The van der Waals surface area contributed by atoms with Crippen molar-refractivity contribution in [3.05, 3.63) is 18.2 Å². The van der Waals surface area contributed by atoms with Gasteiger partial charge in [0.2, 0.25) is 5.91 Å². The molecule has 7 heteroatoms. The van der Waals surface area contributed by atoms with Crippen molar-refractivity contribution < 1.29 is 14.7 Å². The van der Waals surface area contributed by atoms with Gasteiger partial charge < -0.3 is 20.7 Å². The highest BCUT2D eigenvalue weighted by atomic mass is 16.4. The number of imidazole rings is 1. The average Bonchev–Trinajstić information content (AvgIpc) is 2.87. The quantitative estimate of drug-likeness (QED) is 0.714. The van der Waals surface area contributed by atoms with Crippen LogP contribution in [0.15, 0.2) is 12.5 Å². The second-order valence-electron chi connectivity index (χ2n) is 5.22. The molecule has 1 aliphatic rings. The number of carbonyl (C=O) groups is 2. The van der Waals surface area contributed by atoms with Gasteiger partial charge in [-0.25, -0.2) is 9.78 Å². The SMILES string of the molecule is NC1CCCC(C(=O)NCCn2cnc(C(=O)O)c2)C1. The van der Waals surface area contributed by atoms with Crippen LogP contribution in [0.5, 0.6) is 0 Å². The number of aromatic carboxylic acids is 1. The molecule has 4 N–H and O–H groups in total. The summed E-state index contributed by atoms with van der Waals surface area (Å²) in [7, 11) is 0. The molecule has 0 saturated heterocycles. The summed E-state index contributed by atoms with van der Waals surface area (Å²) >= 11 is 0. The smallest absolute Gasteiger partial charge is 0.356 e. The van der Waals surface area contributed by atoms with Gasteiger partial charge in [-0.1, -0.05) is 6.42 Å². The van der Waals surface area contributed by atoms with E-state index in [4.69, 9.17) is 10.8 Å². The van der Waals surface area contributed by atoms with E-state index in [-0.39, 0.29) is 23.6 Å². The van der Waals surface area contributed by atoms with E-state index in [1.807, 2.05) is 0 Å². The van der Waals surface area contributed by atoms with Crippen LogP contribution in [0.1, 0.15) is 36.2 Å². The van der Waals surface area contributed by atoms with Gasteiger partial charge in [0.05, 0.1) is 6.33 Å². The average molecular weight is 280 g/mol. The van der Waals surface area contributed by atoms with Crippen LogP contribution in [0.4, 0.5) is 0 Å². The number of hydrogen-bond donors (Lipinski definition) is 3. The Morgan fingerprint density at radius 3 is 2.95 bits per heavy atom. The van der Waals surface area contributed by atoms with Crippen LogP contribution in [0.25, 0.3) is 0 Å². The maximum absolute atomic E-state index is 12.0. The maximum atomic E-state index is 12.0. The summed E-state index contributed by atoms with van der Waals surface area (Å²) in [4.78, 5) is 26.4. The molecule has 1 aromatic rings. The first-order chi connectivity index (χ1) is 9.56. The maximum Gasteiger partial charge on any atom is 0.356 e. The van der Waals surface area contributed by atoms with Gasteiger partial charge in [-0.2, -0.15) is 0 Å². The summed E-state index contributed by atoms with van der Waals surface area (Å²) in [5.41, 5.74) is 5.87. The van der Waals surface area contributed by atoms with E-state index in [0.29, 0.717) is 13.1 Å². The van der Waals surface area contributed by atoms with Crippen LogP contribution in [0.2, 0.25) is 0 Å². The van der Waals surface area contributed by atoms with Gasteiger partial charge in [0.15, 0.2) is 5.69 Å². The normalized spacial score (nSPS) is 22.4. The van der Waals surface area contributed by atoms with E-state index in [1.165, 1.54) is 12.5 Å². The minimum absolute atomic E-state index is 0.00887. The van der Waals surface area contributed by atoms with Gasteiger partial charge in [0.1, 0.15) is 0 Å². The van der Waals surface area contributed by atoms with Crippen molar-refractivity contribution in [2.45, 2.75) is 38.3 Å². The zero-order valence-corrected chi connectivity index (χ0v) is 11.3. The Hall–Kier alpha value is -1.89. The largest absolute Gasteiger partial charge is 0.476 e. The van der Waals surface area contributed by atoms with Crippen molar-refractivity contribution in [1.82, 2.24) is 14.9 Å². The molecule has 1 saturated carbocycles. The monoisotopic (exact) mass is 280 g/mol. The van der Waals surface area contributed by atoms with Crippen LogP contribution in [-0.4, -0.2) is 39.1 Å². The minimum atomic E-state index is -1.05. The Morgan fingerprint density at radius 2 is 2.30 bits per heavy atom. The Labute approximate surface area is 117 Å². The number of carboxylic acids is 1. The predicted molar refractivity (Wildman–Crippen MR) is 72.1 cm³/mol. The third kappa shape index (κ3) is 3.80. The predicted octanol–water partition coefficient (Wildman–Crippen LogP) is 0.215. The number of carboxylic acid groups (broad SMARTS) is 1. The van der Waals surface area contributed by atoms with Crippen molar-refractivity contribution >= 4 is 11.9 Å². The van der Waals surface area contributed by atoms with Crippen molar-refractivity contribution in [1.29, 1.82) is 0 Å². The number of hydrogen-bond acceptors (Lipinski definition) is 4. The Kier molecular flexibility index (Phi) is 4.73. The third-order valence-electron chi connectivity index (χ3n) is 3.61. The molecular formula is C13H20N4O3. The fourth-order valence-corrected chi connectivity index (χ4v) is 2.51. The number of rotatable bonds is 5. The summed E-state index contributed by atoms with van der Waals surface area (Å²) in [6.45, 7) is 0.963. The van der Waals surface area contributed by atoms with Crippen LogP contribution >= 0.6 is 0 Å². The standard InChI is InChI=1S/C13H20N4O3/c14-10-3-1-2-9(6-10)12(18)15-4-5-17-7-11(13(19)20)16-8-17/h7-10H,1-6,14H2,(H,15,18)(H,19,20). The molecule has 1 amide bonds. The van der Waals surface area contributed by atoms with Crippen molar-refractivity contribution in [2.75, 3.05) is 6.54 Å². The van der Waals surface area contributed by atoms with E-state index in [2.05, 4.69) is 10.3 Å². The van der Waals surface area contributed by atoms with Crippen LogP contribution in [0.3, 0.4) is 0 Å². The lowest BCUT2D eigenvalue weighted by Crippen LogP contribution is -2.38. The molecule has 0 aliphatic heterocycles. The van der Waals surface area contributed by atoms with E-state index in [0.717, 1.165) is 25.7 Å². The number of aromatic nitrogens is 2. The molecule has 2 atom stereocenters. The van der Waals surface area contributed by atoms with Crippen LogP contribution in [0, 0.1) is 5.92 Å². The third-order valence-corrected chi connectivity index (χ3v) is 3.61. The lowest BCUT2D eigenvalue weighted by molar-refractivity contribution is -0.126. The second kappa shape index (κ2) is 6.51. The first-order valence-corrected chi connectivity index (χ1v) is 6.84. The molecule has 7 nitrogen and oxygen atoms in total. The first-order valence-electron chi connectivity index (χ1n) is 6.84. The topological polar surface area (TPSA) is 110 Å². The molecule has 20 heavy (non-hydrogen) atoms. The molecule has 0 radical (unpaired) electrons. The summed E-state index contributed by atoms with van der Waals surface area (Å²) in [6.07, 6.45) is 6.55. The van der Waals surface area contributed by atoms with Gasteiger partial charge in [-0.15, -0.1) is 0 Å². The number of nitrogens with two attached hydrogens (primary N) is 1. The highest BCUT2D eigenvalue weighted by Crippen LogP contribution is 2.22. The van der Waals surface area contributed by atoms with Crippen molar-refractivity contribution in [3.8, 4) is 0 Å². The van der Waals surface area contributed by atoms with Crippen LogP contribution in [-0.2, 0) is 11.3 Å². The van der Waals surface area contributed by atoms with E-state index >= 15 is 0 Å². The molecule has 2 unspecified atom stereocenters. The van der Waals surface area contributed by atoms with Gasteiger partial charge >= 0.3 is 5.97 Å². The van der Waals surface area contributed by atoms with E-state index < -0.39 is 5.97 Å². The minimum Gasteiger partial charge on any atom is -0.476 e. The Balaban J connectivity index is 1.74. The summed E-state index contributed by atoms with van der Waals surface area (Å²) < 4.78 is 1.65. The molecule has 0 spiro atoms. The fraction of sp³-hybridized carbons (Fsp3) is 0.615. The molecule has 110 valence electrons. The molecule has 1 aromatic heterocycles. The highest BCUT2D eigenvalue weighted by Gasteiger charge is 2.24. The number of nitrogens with zero attached hydrogens (tertiary/aromatic N) is 2. The summed E-state index contributed by atoms with van der Waals surface area (Å²) in [5, 5.41) is 11.6. The number of carbonyl (C=O) groups excluding carboxylic acids is 1. The van der Waals surface area contributed by atoms with Crippen molar-refractivity contribution in [3.63, 3.8) is 0 Å². The summed E-state index contributed by atoms with van der Waals surface area (Å²) in [6, 6.07) is 0.131. The number of amides is 1. The van der Waals surface area contributed by atoms with E-state index in [9.17, 15) is 9.59 Å². The van der Waals surface area contributed by atoms with Gasteiger partial charge in [0, 0.05) is 31.2 Å². The van der Waals surface area contributed by atoms with Gasteiger partial charge in [-0.05, 0) is 19.3 Å². The Morgan fingerprint density at radius 1 is 1.50 bits per heavy atom. The molecular weight excluding hydrogens is 260 g/mol. The molecule has 2 rings (SSSR count). The highest BCUT2D eigenvalue weighted by molar-refractivity contribution is 5.84. The van der Waals surface area contributed by atoms with Gasteiger partial charge in [0.25, 0.3) is 0 Å². The lowest BCUT2D eigenvalue weighted by atomic mass is 9.85. The molecule has 0 bridgehead atoms. The Bertz CT molecular complexity index is 486. The molecule has 0 aromatic carbocycles. The summed E-state index contributed by atoms with van der Waals surface area (Å²) in [5.74, 6) is -1.00. The molecule has 1 fully saturated rings. The van der Waals surface area contributed by atoms with Crippen molar-refractivity contribution in [2.24, 2.45) is 11.7 Å². The second-order valence-corrected chi connectivity index (χ2v) is 5.22. The number of nitrogens with one attached hydrogen (secondary N) is 1. The van der Waals surface area contributed by atoms with E-state index in [1.54, 1.807) is 4.57 Å². The first kappa shape index (κ1) is 14.5.